The first-order valence-corrected chi connectivity index (χ1v) is 6.94. The molecule has 122 valence electrons. The number of amides is 1. The molecular weight excluding hydrogens is 325 g/mol. The molecule has 1 unspecified atom stereocenters. The number of carbonyl (C=O) groups excluding carboxylic acids is 1. The molecule has 8 heteroatoms. The summed E-state index contributed by atoms with van der Waals surface area (Å²) in [5.74, 6) is 0.105. The van der Waals surface area contributed by atoms with Gasteiger partial charge < -0.3 is 10.6 Å². The highest BCUT2D eigenvalue weighted by atomic mass is 35.5. The summed E-state index contributed by atoms with van der Waals surface area (Å²) >= 11 is 0. The lowest BCUT2D eigenvalue weighted by molar-refractivity contribution is -0.131. The molecule has 1 fully saturated rings. The lowest BCUT2D eigenvalue weighted by Crippen LogP contribution is -2.48. The fourth-order valence-electron chi connectivity index (χ4n) is 2.66. The fraction of sp³-hybridized carbons (Fsp3) is 0.500. The van der Waals surface area contributed by atoms with E-state index in [-0.39, 0.29) is 36.1 Å². The van der Waals surface area contributed by atoms with Gasteiger partial charge in [-0.25, -0.2) is 4.98 Å². The number of nitrogens with zero attached hydrogens (tertiary/aromatic N) is 3. The summed E-state index contributed by atoms with van der Waals surface area (Å²) in [7, 11) is 0. The Labute approximate surface area is 141 Å². The van der Waals surface area contributed by atoms with E-state index in [4.69, 9.17) is 0 Å². The molecule has 1 saturated heterocycles. The molecule has 1 atom stereocenters. The Hall–Kier alpha value is -1.37. The summed E-state index contributed by atoms with van der Waals surface area (Å²) in [4.78, 5) is 20.6. The Balaban J connectivity index is 0.00000121. The number of hydrogen-bond donors (Lipinski definition) is 2. The molecule has 3 rings (SSSR count). The third kappa shape index (κ3) is 3.69. The maximum absolute atomic E-state index is 12.4. The van der Waals surface area contributed by atoms with Crippen molar-refractivity contribution in [3.8, 4) is 0 Å². The minimum absolute atomic E-state index is 0. The van der Waals surface area contributed by atoms with Gasteiger partial charge in [0, 0.05) is 18.9 Å². The molecule has 2 aromatic rings. The van der Waals surface area contributed by atoms with Crippen LogP contribution in [0.1, 0.15) is 25.5 Å². The molecule has 0 spiro atoms. The van der Waals surface area contributed by atoms with Crippen molar-refractivity contribution in [3.63, 3.8) is 0 Å². The van der Waals surface area contributed by atoms with Crippen molar-refractivity contribution >= 4 is 36.4 Å². The molecule has 1 aliphatic rings. The maximum atomic E-state index is 12.4. The molecule has 0 aliphatic carbocycles. The van der Waals surface area contributed by atoms with E-state index < -0.39 is 0 Å². The average Bonchev–Trinajstić information content (AvgIpc) is 2.89. The zero-order chi connectivity index (χ0) is 14.0. The van der Waals surface area contributed by atoms with Crippen molar-refractivity contribution in [2.75, 3.05) is 13.1 Å². The van der Waals surface area contributed by atoms with Crippen LogP contribution in [0.5, 0.6) is 0 Å². The minimum atomic E-state index is -0.305. The van der Waals surface area contributed by atoms with Crippen molar-refractivity contribution in [1.82, 2.24) is 25.0 Å². The third-order valence-corrected chi connectivity index (χ3v) is 3.97. The number of halogens is 2. The van der Waals surface area contributed by atoms with Gasteiger partial charge in [0.25, 0.3) is 0 Å². The van der Waals surface area contributed by atoms with Crippen LogP contribution >= 0.6 is 24.8 Å². The number of piperidine rings is 1. The summed E-state index contributed by atoms with van der Waals surface area (Å²) in [5.41, 5.74) is 1.45. The predicted octanol–water partition coefficient (Wildman–Crippen LogP) is 1.58. The molecule has 0 saturated carbocycles. The summed E-state index contributed by atoms with van der Waals surface area (Å²) in [6, 6.07) is 0. The van der Waals surface area contributed by atoms with Crippen LogP contribution in [0.3, 0.4) is 0 Å². The van der Waals surface area contributed by atoms with Gasteiger partial charge in [-0.2, -0.15) is 0 Å². The standard InChI is InChI=1S/C14H19N5O.2ClH/c1-14(3-2-4-16-10-14)13(20)18-8-11-7-17-12-9-15-5-6-19(11)12;;/h5-7,9,16H,2-4,8,10H2,1H3,(H,18,20);2*1H. The van der Waals surface area contributed by atoms with Gasteiger partial charge in [-0.15, -0.1) is 24.8 Å². The molecular formula is C14H21Cl2N5O. The van der Waals surface area contributed by atoms with Crippen LogP contribution in [0.15, 0.2) is 24.8 Å². The number of rotatable bonds is 3. The largest absolute Gasteiger partial charge is 0.350 e. The highest BCUT2D eigenvalue weighted by molar-refractivity contribution is 5.85. The quantitative estimate of drug-likeness (QED) is 0.885. The first-order valence-electron chi connectivity index (χ1n) is 6.94. The van der Waals surface area contributed by atoms with Crippen molar-refractivity contribution in [2.45, 2.75) is 26.3 Å². The molecule has 0 bridgehead atoms. The molecule has 2 N–H and O–H groups in total. The van der Waals surface area contributed by atoms with E-state index in [0.717, 1.165) is 37.3 Å². The lowest BCUT2D eigenvalue weighted by atomic mass is 9.82. The number of aromatic nitrogens is 3. The minimum Gasteiger partial charge on any atom is -0.350 e. The lowest BCUT2D eigenvalue weighted by Gasteiger charge is -2.32. The van der Waals surface area contributed by atoms with Crippen molar-refractivity contribution in [2.24, 2.45) is 5.41 Å². The van der Waals surface area contributed by atoms with Crippen LogP contribution in [0.25, 0.3) is 5.65 Å². The average molecular weight is 346 g/mol. The van der Waals surface area contributed by atoms with E-state index in [1.54, 1.807) is 18.6 Å². The van der Waals surface area contributed by atoms with Crippen LogP contribution in [0.4, 0.5) is 0 Å². The Bertz CT molecular complexity index is 624. The van der Waals surface area contributed by atoms with Gasteiger partial charge >= 0.3 is 0 Å². The molecule has 22 heavy (non-hydrogen) atoms. The zero-order valence-corrected chi connectivity index (χ0v) is 14.0. The van der Waals surface area contributed by atoms with E-state index in [1.165, 1.54) is 0 Å². The summed E-state index contributed by atoms with van der Waals surface area (Å²) in [6.45, 7) is 4.26. The maximum Gasteiger partial charge on any atom is 0.227 e. The van der Waals surface area contributed by atoms with Gasteiger partial charge in [-0.3, -0.25) is 14.2 Å². The van der Waals surface area contributed by atoms with Gasteiger partial charge in [-0.05, 0) is 26.3 Å². The molecule has 3 heterocycles. The third-order valence-electron chi connectivity index (χ3n) is 3.97. The SMILES string of the molecule is CC1(C(=O)NCc2cnc3cnccn23)CCCNC1.Cl.Cl. The first kappa shape index (κ1) is 18.7. The highest BCUT2D eigenvalue weighted by Crippen LogP contribution is 2.25. The van der Waals surface area contributed by atoms with Crippen LogP contribution in [-0.4, -0.2) is 33.4 Å². The van der Waals surface area contributed by atoms with Crippen molar-refractivity contribution < 1.29 is 4.79 Å². The second-order valence-corrected chi connectivity index (χ2v) is 5.58. The van der Waals surface area contributed by atoms with Gasteiger partial charge in [0.1, 0.15) is 0 Å². The smallest absolute Gasteiger partial charge is 0.227 e. The van der Waals surface area contributed by atoms with E-state index in [2.05, 4.69) is 20.6 Å². The van der Waals surface area contributed by atoms with Gasteiger partial charge in [0.15, 0.2) is 5.65 Å². The Morgan fingerprint density at radius 2 is 2.27 bits per heavy atom. The summed E-state index contributed by atoms with van der Waals surface area (Å²) in [5, 5.41) is 6.32. The molecule has 0 radical (unpaired) electrons. The monoisotopic (exact) mass is 345 g/mol. The second-order valence-electron chi connectivity index (χ2n) is 5.58. The Kier molecular flexibility index (Phi) is 6.59. The van der Waals surface area contributed by atoms with E-state index in [0.29, 0.717) is 6.54 Å². The van der Waals surface area contributed by atoms with Gasteiger partial charge in [0.2, 0.25) is 5.91 Å². The molecule has 1 amide bonds. The molecule has 6 nitrogen and oxygen atoms in total. The number of imidazole rings is 1. The van der Waals surface area contributed by atoms with E-state index >= 15 is 0 Å². The Morgan fingerprint density at radius 1 is 1.45 bits per heavy atom. The zero-order valence-electron chi connectivity index (χ0n) is 12.4. The normalized spacial score (nSPS) is 20.8. The molecule has 0 aromatic carbocycles. The van der Waals surface area contributed by atoms with E-state index in [1.807, 2.05) is 17.5 Å². The number of carbonyl (C=O) groups is 1. The number of nitrogens with one attached hydrogen (secondary N) is 2. The Morgan fingerprint density at radius 3 is 3.00 bits per heavy atom. The van der Waals surface area contributed by atoms with E-state index in [9.17, 15) is 4.79 Å². The number of fused-ring (bicyclic) bond motifs is 1. The van der Waals surface area contributed by atoms with Gasteiger partial charge in [-0.1, -0.05) is 0 Å². The van der Waals surface area contributed by atoms with Crippen LogP contribution in [-0.2, 0) is 11.3 Å². The summed E-state index contributed by atoms with van der Waals surface area (Å²) < 4.78 is 1.94. The van der Waals surface area contributed by atoms with Crippen LogP contribution in [0, 0.1) is 5.41 Å². The second kappa shape index (κ2) is 7.76. The predicted molar refractivity (Wildman–Crippen MR) is 89.5 cm³/mol. The first-order chi connectivity index (χ1) is 9.69. The van der Waals surface area contributed by atoms with Crippen molar-refractivity contribution in [3.05, 3.63) is 30.5 Å². The van der Waals surface area contributed by atoms with Crippen molar-refractivity contribution in [1.29, 1.82) is 0 Å². The topological polar surface area (TPSA) is 71.3 Å². The fourth-order valence-corrected chi connectivity index (χ4v) is 2.66. The van der Waals surface area contributed by atoms with Crippen LogP contribution < -0.4 is 10.6 Å². The van der Waals surface area contributed by atoms with Gasteiger partial charge in [0.05, 0.1) is 30.0 Å². The number of hydrogen-bond acceptors (Lipinski definition) is 4. The van der Waals surface area contributed by atoms with Crippen LogP contribution in [0.2, 0.25) is 0 Å². The summed E-state index contributed by atoms with van der Waals surface area (Å²) in [6.07, 6.45) is 9.03. The highest BCUT2D eigenvalue weighted by Gasteiger charge is 2.34. The molecule has 1 aliphatic heterocycles. The molecule has 2 aromatic heterocycles.